The SMILES string of the molecule is COCCN1C(=O)C(=O)/C(=C(\O)c2cccc(Cl)c2)C1c1cccc(C)c1. The van der Waals surface area contributed by atoms with Gasteiger partial charge in [0.2, 0.25) is 0 Å². The maximum atomic E-state index is 12.8. The van der Waals surface area contributed by atoms with Gasteiger partial charge < -0.3 is 14.7 Å². The molecule has 0 saturated carbocycles. The molecule has 1 fully saturated rings. The third-order valence-electron chi connectivity index (χ3n) is 4.53. The van der Waals surface area contributed by atoms with Crippen molar-refractivity contribution < 1.29 is 19.4 Å². The number of nitrogens with zero attached hydrogens (tertiary/aromatic N) is 1. The molecule has 1 atom stereocenters. The molecule has 0 bridgehead atoms. The highest BCUT2D eigenvalue weighted by atomic mass is 35.5. The fourth-order valence-electron chi connectivity index (χ4n) is 3.28. The monoisotopic (exact) mass is 385 g/mol. The van der Waals surface area contributed by atoms with E-state index in [1.165, 1.54) is 12.0 Å². The van der Waals surface area contributed by atoms with E-state index in [0.717, 1.165) is 11.1 Å². The number of aliphatic hydroxyl groups is 1. The Morgan fingerprint density at radius 3 is 2.59 bits per heavy atom. The first-order valence-electron chi connectivity index (χ1n) is 8.54. The molecule has 27 heavy (non-hydrogen) atoms. The molecule has 6 heteroatoms. The summed E-state index contributed by atoms with van der Waals surface area (Å²) in [6.07, 6.45) is 0. The van der Waals surface area contributed by atoms with Crippen LogP contribution in [0.2, 0.25) is 5.02 Å². The number of halogens is 1. The van der Waals surface area contributed by atoms with Crippen molar-refractivity contribution in [3.05, 3.63) is 75.8 Å². The Morgan fingerprint density at radius 1 is 1.19 bits per heavy atom. The van der Waals surface area contributed by atoms with E-state index in [0.29, 0.717) is 10.6 Å². The van der Waals surface area contributed by atoms with Crippen LogP contribution in [0.5, 0.6) is 0 Å². The number of carbonyl (C=O) groups excluding carboxylic acids is 2. The summed E-state index contributed by atoms with van der Waals surface area (Å²) >= 11 is 6.02. The van der Waals surface area contributed by atoms with Gasteiger partial charge in [-0.25, -0.2) is 0 Å². The van der Waals surface area contributed by atoms with Gasteiger partial charge in [-0.1, -0.05) is 53.6 Å². The number of methoxy groups -OCH3 is 1. The standard InChI is InChI=1S/C21H20ClNO4/c1-13-5-3-6-14(11-13)18-17(19(24)15-7-4-8-16(22)12-15)20(25)21(26)23(18)9-10-27-2/h3-8,11-12,18,24H,9-10H2,1-2H3/b19-17-. The average molecular weight is 386 g/mol. The number of rotatable bonds is 5. The molecule has 5 nitrogen and oxygen atoms in total. The van der Waals surface area contributed by atoms with E-state index in [9.17, 15) is 14.7 Å². The van der Waals surface area contributed by atoms with Gasteiger partial charge >= 0.3 is 0 Å². The number of amides is 1. The summed E-state index contributed by atoms with van der Waals surface area (Å²) in [5.41, 5.74) is 2.20. The predicted octanol–water partition coefficient (Wildman–Crippen LogP) is 3.72. The Bertz CT molecular complexity index is 922. The Labute approximate surface area is 162 Å². The summed E-state index contributed by atoms with van der Waals surface area (Å²) in [6, 6.07) is 13.4. The minimum absolute atomic E-state index is 0.0592. The molecule has 1 aliphatic rings. The molecule has 1 unspecified atom stereocenters. The van der Waals surface area contributed by atoms with E-state index < -0.39 is 17.7 Å². The molecule has 3 rings (SSSR count). The van der Waals surface area contributed by atoms with Gasteiger partial charge in [-0.2, -0.15) is 0 Å². The largest absolute Gasteiger partial charge is 0.507 e. The number of ether oxygens (including phenoxy) is 1. The molecule has 1 N–H and O–H groups in total. The van der Waals surface area contributed by atoms with Crippen molar-refractivity contribution in [2.75, 3.05) is 20.3 Å². The first kappa shape index (κ1) is 19.1. The fraction of sp³-hybridized carbons (Fsp3) is 0.238. The van der Waals surface area contributed by atoms with Gasteiger partial charge in [0.05, 0.1) is 18.2 Å². The normalized spacial score (nSPS) is 18.9. The number of carbonyl (C=O) groups is 2. The van der Waals surface area contributed by atoms with Gasteiger partial charge in [-0.3, -0.25) is 9.59 Å². The molecular weight excluding hydrogens is 366 g/mol. The van der Waals surface area contributed by atoms with Crippen molar-refractivity contribution in [1.82, 2.24) is 4.90 Å². The van der Waals surface area contributed by atoms with Crippen LogP contribution < -0.4 is 0 Å². The lowest BCUT2D eigenvalue weighted by Crippen LogP contribution is -2.32. The van der Waals surface area contributed by atoms with Crippen molar-refractivity contribution in [3.63, 3.8) is 0 Å². The van der Waals surface area contributed by atoms with Gasteiger partial charge in [-0.15, -0.1) is 0 Å². The molecule has 0 aromatic heterocycles. The van der Waals surface area contributed by atoms with Crippen LogP contribution in [0.1, 0.15) is 22.7 Å². The smallest absolute Gasteiger partial charge is 0.295 e. The number of aliphatic hydroxyl groups excluding tert-OH is 1. The van der Waals surface area contributed by atoms with Crippen molar-refractivity contribution in [1.29, 1.82) is 0 Å². The van der Waals surface area contributed by atoms with Crippen LogP contribution in [0, 0.1) is 6.92 Å². The summed E-state index contributed by atoms with van der Waals surface area (Å²) in [6.45, 7) is 2.46. The summed E-state index contributed by atoms with van der Waals surface area (Å²) in [5, 5.41) is 11.3. The lowest BCUT2D eigenvalue weighted by atomic mass is 9.94. The van der Waals surface area contributed by atoms with E-state index in [2.05, 4.69) is 0 Å². The second-order valence-corrected chi connectivity index (χ2v) is 6.85. The first-order chi connectivity index (χ1) is 12.9. The maximum absolute atomic E-state index is 12.8. The molecule has 2 aromatic carbocycles. The number of Topliss-reactive ketones (excluding diaryl/α,β-unsaturated/α-hetero) is 1. The van der Waals surface area contributed by atoms with Crippen LogP contribution in [0.4, 0.5) is 0 Å². The predicted molar refractivity (Wildman–Crippen MR) is 104 cm³/mol. The Balaban J connectivity index is 2.18. The highest BCUT2D eigenvalue weighted by Gasteiger charge is 2.45. The second-order valence-electron chi connectivity index (χ2n) is 6.41. The minimum atomic E-state index is -0.713. The van der Waals surface area contributed by atoms with Crippen molar-refractivity contribution in [2.45, 2.75) is 13.0 Å². The third kappa shape index (κ3) is 3.75. The summed E-state index contributed by atoms with van der Waals surface area (Å²) in [5.74, 6) is -1.60. The minimum Gasteiger partial charge on any atom is -0.507 e. The van der Waals surface area contributed by atoms with Crippen molar-refractivity contribution in [2.24, 2.45) is 0 Å². The molecule has 0 radical (unpaired) electrons. The maximum Gasteiger partial charge on any atom is 0.295 e. The zero-order valence-electron chi connectivity index (χ0n) is 15.1. The van der Waals surface area contributed by atoms with Gasteiger partial charge in [0, 0.05) is 24.2 Å². The Hall–Kier alpha value is -2.63. The summed E-state index contributed by atoms with van der Waals surface area (Å²) in [4.78, 5) is 26.8. The number of aryl methyl sites for hydroxylation is 1. The molecule has 0 spiro atoms. The average Bonchev–Trinajstić information content (AvgIpc) is 2.90. The zero-order chi connectivity index (χ0) is 19.6. The van der Waals surface area contributed by atoms with Gasteiger partial charge in [0.1, 0.15) is 5.76 Å². The summed E-state index contributed by atoms with van der Waals surface area (Å²) in [7, 11) is 1.53. The van der Waals surface area contributed by atoms with Gasteiger partial charge in [0.25, 0.3) is 11.7 Å². The van der Waals surface area contributed by atoms with Crippen LogP contribution in [0.3, 0.4) is 0 Å². The Kier molecular flexibility index (Phi) is 5.63. The first-order valence-corrected chi connectivity index (χ1v) is 8.91. The number of hydrogen-bond donors (Lipinski definition) is 1. The topological polar surface area (TPSA) is 66.8 Å². The number of hydrogen-bond acceptors (Lipinski definition) is 4. The number of likely N-dealkylation sites (tertiary alicyclic amines) is 1. The van der Waals surface area contributed by atoms with E-state index in [-0.39, 0.29) is 24.5 Å². The fourth-order valence-corrected chi connectivity index (χ4v) is 3.47. The van der Waals surface area contributed by atoms with E-state index in [1.807, 2.05) is 31.2 Å². The highest BCUT2D eigenvalue weighted by Crippen LogP contribution is 2.39. The Morgan fingerprint density at radius 2 is 1.93 bits per heavy atom. The van der Waals surface area contributed by atoms with E-state index in [1.54, 1.807) is 24.3 Å². The third-order valence-corrected chi connectivity index (χ3v) is 4.77. The second kappa shape index (κ2) is 7.94. The van der Waals surface area contributed by atoms with Crippen LogP contribution in [0.25, 0.3) is 5.76 Å². The van der Waals surface area contributed by atoms with Crippen LogP contribution in [-0.2, 0) is 14.3 Å². The van der Waals surface area contributed by atoms with E-state index in [4.69, 9.17) is 16.3 Å². The molecule has 1 heterocycles. The van der Waals surface area contributed by atoms with Crippen LogP contribution in [0.15, 0.2) is 54.1 Å². The van der Waals surface area contributed by atoms with Gasteiger partial charge in [0.15, 0.2) is 0 Å². The number of benzene rings is 2. The van der Waals surface area contributed by atoms with E-state index >= 15 is 0 Å². The quantitative estimate of drug-likeness (QED) is 0.484. The lowest BCUT2D eigenvalue weighted by Gasteiger charge is -2.25. The highest BCUT2D eigenvalue weighted by molar-refractivity contribution is 6.46. The lowest BCUT2D eigenvalue weighted by molar-refractivity contribution is -0.140. The zero-order valence-corrected chi connectivity index (χ0v) is 15.9. The van der Waals surface area contributed by atoms with Gasteiger partial charge in [-0.05, 0) is 24.6 Å². The molecule has 1 amide bonds. The van der Waals surface area contributed by atoms with Crippen molar-refractivity contribution >= 4 is 29.1 Å². The molecular formula is C21H20ClNO4. The van der Waals surface area contributed by atoms with Crippen molar-refractivity contribution in [3.8, 4) is 0 Å². The number of ketones is 1. The molecule has 0 aliphatic carbocycles. The van der Waals surface area contributed by atoms with Crippen LogP contribution in [-0.4, -0.2) is 42.0 Å². The molecule has 1 aliphatic heterocycles. The summed E-state index contributed by atoms with van der Waals surface area (Å²) < 4.78 is 5.09. The molecule has 1 saturated heterocycles. The molecule has 2 aromatic rings. The van der Waals surface area contributed by atoms with Crippen LogP contribution >= 0.6 is 11.6 Å². The molecule has 140 valence electrons.